The summed E-state index contributed by atoms with van der Waals surface area (Å²) in [5, 5.41) is 10.3. The highest BCUT2D eigenvalue weighted by atomic mass is 35.5. The molecule has 90 valence electrons. The fraction of sp³-hybridized carbons (Fsp3) is 0.538. The van der Waals surface area contributed by atoms with Gasteiger partial charge in [0.15, 0.2) is 0 Å². The first kappa shape index (κ1) is 13.5. The Bertz CT molecular complexity index is 339. The first-order valence-corrected chi connectivity index (χ1v) is 5.99. The van der Waals surface area contributed by atoms with Gasteiger partial charge in [0.05, 0.1) is 6.10 Å². The lowest BCUT2D eigenvalue weighted by Crippen LogP contribution is -2.11. The lowest BCUT2D eigenvalue weighted by molar-refractivity contribution is 0.139. The van der Waals surface area contributed by atoms with Crippen LogP contribution in [0.5, 0.6) is 0 Å². The Labute approximate surface area is 101 Å². The zero-order chi connectivity index (χ0) is 12.1. The monoisotopic (exact) mass is 244 g/mol. The molecule has 0 aliphatic carbocycles. The molecule has 1 N–H and O–H groups in total. The van der Waals surface area contributed by atoms with Gasteiger partial charge in [-0.2, -0.15) is 0 Å². The summed E-state index contributed by atoms with van der Waals surface area (Å²) in [6, 6.07) is 4.34. The van der Waals surface area contributed by atoms with E-state index in [4.69, 9.17) is 11.6 Å². The molecular formula is C13H18ClFO. The number of aryl methyl sites for hydroxylation is 1. The highest BCUT2D eigenvalue weighted by Crippen LogP contribution is 2.20. The lowest BCUT2D eigenvalue weighted by Gasteiger charge is -2.13. The topological polar surface area (TPSA) is 20.2 Å². The largest absolute Gasteiger partial charge is 0.393 e. The fourth-order valence-electron chi connectivity index (χ4n) is 1.72. The van der Waals surface area contributed by atoms with Crippen molar-refractivity contribution in [3.63, 3.8) is 0 Å². The Kier molecular flexibility index (Phi) is 5.23. The summed E-state index contributed by atoms with van der Waals surface area (Å²) in [5.74, 6) is 0.190. The summed E-state index contributed by atoms with van der Waals surface area (Å²) in [6.07, 6.45) is 1.68. The first-order valence-electron chi connectivity index (χ1n) is 5.61. The van der Waals surface area contributed by atoms with Crippen LogP contribution >= 0.6 is 11.6 Å². The quantitative estimate of drug-likeness (QED) is 0.835. The van der Waals surface area contributed by atoms with Crippen molar-refractivity contribution >= 4 is 11.6 Å². The molecule has 1 aromatic rings. The standard InChI is InChI=1S/C13H18ClFO/c1-9(2)7-12(16)5-3-10-8-11(15)4-6-13(10)14/h4,6,8-9,12,16H,3,5,7H2,1-2H3. The van der Waals surface area contributed by atoms with Crippen molar-refractivity contribution in [1.29, 1.82) is 0 Å². The Morgan fingerprint density at radius 1 is 1.38 bits per heavy atom. The van der Waals surface area contributed by atoms with E-state index >= 15 is 0 Å². The number of aliphatic hydroxyl groups is 1. The van der Waals surface area contributed by atoms with Gasteiger partial charge in [0.2, 0.25) is 0 Å². The number of rotatable bonds is 5. The van der Waals surface area contributed by atoms with E-state index in [0.717, 1.165) is 12.0 Å². The fourth-order valence-corrected chi connectivity index (χ4v) is 1.93. The molecule has 0 aliphatic rings. The van der Waals surface area contributed by atoms with Crippen LogP contribution in [0.1, 0.15) is 32.3 Å². The molecular weight excluding hydrogens is 227 g/mol. The van der Waals surface area contributed by atoms with Crippen LogP contribution in [-0.4, -0.2) is 11.2 Å². The average molecular weight is 245 g/mol. The molecule has 0 aliphatic heterocycles. The van der Waals surface area contributed by atoms with Crippen molar-refractivity contribution in [1.82, 2.24) is 0 Å². The predicted molar refractivity (Wildman–Crippen MR) is 65.2 cm³/mol. The Morgan fingerprint density at radius 2 is 2.06 bits per heavy atom. The summed E-state index contributed by atoms with van der Waals surface area (Å²) in [4.78, 5) is 0. The van der Waals surface area contributed by atoms with Gasteiger partial charge >= 0.3 is 0 Å². The third-order valence-corrected chi connectivity index (χ3v) is 2.87. The molecule has 1 rings (SSSR count). The minimum absolute atomic E-state index is 0.280. The van der Waals surface area contributed by atoms with Gasteiger partial charge in [-0.25, -0.2) is 4.39 Å². The molecule has 3 heteroatoms. The van der Waals surface area contributed by atoms with Gasteiger partial charge in [-0.15, -0.1) is 0 Å². The molecule has 0 fully saturated rings. The number of hydrogen-bond acceptors (Lipinski definition) is 1. The van der Waals surface area contributed by atoms with Crippen LogP contribution in [-0.2, 0) is 6.42 Å². The van der Waals surface area contributed by atoms with Crippen LogP contribution in [0, 0.1) is 11.7 Å². The van der Waals surface area contributed by atoms with Crippen LogP contribution in [0.2, 0.25) is 5.02 Å². The van der Waals surface area contributed by atoms with E-state index in [1.165, 1.54) is 12.1 Å². The number of hydrogen-bond donors (Lipinski definition) is 1. The van der Waals surface area contributed by atoms with E-state index in [1.54, 1.807) is 6.07 Å². The molecule has 0 saturated carbocycles. The maximum Gasteiger partial charge on any atom is 0.123 e. The molecule has 0 aromatic heterocycles. The summed E-state index contributed by atoms with van der Waals surface area (Å²) in [7, 11) is 0. The molecule has 1 nitrogen and oxygen atoms in total. The van der Waals surface area contributed by atoms with Crippen LogP contribution in [0.4, 0.5) is 4.39 Å². The molecule has 16 heavy (non-hydrogen) atoms. The molecule has 0 bridgehead atoms. The maximum absolute atomic E-state index is 13.0. The molecule has 0 spiro atoms. The second-order valence-electron chi connectivity index (χ2n) is 4.56. The van der Waals surface area contributed by atoms with Crippen LogP contribution in [0.3, 0.4) is 0 Å². The van der Waals surface area contributed by atoms with Gasteiger partial charge in [0.25, 0.3) is 0 Å². The van der Waals surface area contributed by atoms with Gasteiger partial charge in [-0.1, -0.05) is 25.4 Å². The van der Waals surface area contributed by atoms with Gasteiger partial charge < -0.3 is 5.11 Å². The summed E-state index contributed by atoms with van der Waals surface area (Å²) >= 11 is 5.94. The highest BCUT2D eigenvalue weighted by Gasteiger charge is 2.09. The van der Waals surface area contributed by atoms with Crippen molar-refractivity contribution in [2.45, 2.75) is 39.2 Å². The average Bonchev–Trinajstić information content (AvgIpc) is 2.18. The molecule has 0 saturated heterocycles. The Morgan fingerprint density at radius 3 is 2.69 bits per heavy atom. The van der Waals surface area contributed by atoms with E-state index < -0.39 is 0 Å². The molecule has 0 radical (unpaired) electrons. The van der Waals surface area contributed by atoms with E-state index in [9.17, 15) is 9.50 Å². The SMILES string of the molecule is CC(C)CC(O)CCc1cc(F)ccc1Cl. The van der Waals surface area contributed by atoms with Gasteiger partial charge in [0, 0.05) is 5.02 Å². The predicted octanol–water partition coefficient (Wildman–Crippen LogP) is 3.82. The highest BCUT2D eigenvalue weighted by molar-refractivity contribution is 6.31. The summed E-state index contributed by atoms with van der Waals surface area (Å²) < 4.78 is 13.0. The molecule has 0 heterocycles. The van der Waals surface area contributed by atoms with Crippen molar-refractivity contribution in [3.8, 4) is 0 Å². The summed E-state index contributed by atoms with van der Waals surface area (Å²) in [6.45, 7) is 4.14. The van der Waals surface area contributed by atoms with Crippen LogP contribution in [0.15, 0.2) is 18.2 Å². The molecule has 1 unspecified atom stereocenters. The van der Waals surface area contributed by atoms with Crippen molar-refractivity contribution < 1.29 is 9.50 Å². The number of benzene rings is 1. The third-order valence-electron chi connectivity index (χ3n) is 2.50. The molecule has 1 atom stereocenters. The zero-order valence-corrected chi connectivity index (χ0v) is 10.5. The lowest BCUT2D eigenvalue weighted by atomic mass is 10.00. The van der Waals surface area contributed by atoms with E-state index in [2.05, 4.69) is 13.8 Å². The zero-order valence-electron chi connectivity index (χ0n) is 9.71. The van der Waals surface area contributed by atoms with Crippen molar-refractivity contribution in [2.24, 2.45) is 5.92 Å². The maximum atomic E-state index is 13.0. The second-order valence-corrected chi connectivity index (χ2v) is 4.96. The smallest absolute Gasteiger partial charge is 0.123 e. The normalized spacial score (nSPS) is 13.1. The minimum atomic E-state index is -0.334. The van der Waals surface area contributed by atoms with Gasteiger partial charge in [-0.3, -0.25) is 0 Å². The summed E-state index contributed by atoms with van der Waals surface area (Å²) in [5.41, 5.74) is 0.768. The Balaban J connectivity index is 2.51. The van der Waals surface area contributed by atoms with E-state index in [1.807, 2.05) is 0 Å². The molecule has 0 amide bonds. The van der Waals surface area contributed by atoms with E-state index in [-0.39, 0.29) is 11.9 Å². The molecule has 1 aromatic carbocycles. The van der Waals surface area contributed by atoms with Gasteiger partial charge in [0.1, 0.15) is 5.82 Å². The van der Waals surface area contributed by atoms with Crippen LogP contribution in [0.25, 0.3) is 0 Å². The first-order chi connectivity index (χ1) is 7.49. The minimum Gasteiger partial charge on any atom is -0.393 e. The van der Waals surface area contributed by atoms with E-state index in [0.29, 0.717) is 23.8 Å². The van der Waals surface area contributed by atoms with Crippen molar-refractivity contribution in [2.75, 3.05) is 0 Å². The number of aliphatic hydroxyl groups excluding tert-OH is 1. The van der Waals surface area contributed by atoms with Crippen molar-refractivity contribution in [3.05, 3.63) is 34.6 Å². The second kappa shape index (κ2) is 6.21. The third kappa shape index (κ3) is 4.50. The number of halogens is 2. The van der Waals surface area contributed by atoms with Crippen LogP contribution < -0.4 is 0 Å². The van der Waals surface area contributed by atoms with Gasteiger partial charge in [-0.05, 0) is 48.9 Å². The Hall–Kier alpha value is -0.600.